The molecule has 2 aromatic rings. The second-order valence-electron chi connectivity index (χ2n) is 3.81. The van der Waals surface area contributed by atoms with Gasteiger partial charge in [-0.2, -0.15) is 5.26 Å². The molecule has 2 rings (SSSR count). The van der Waals surface area contributed by atoms with Gasteiger partial charge in [-0.3, -0.25) is 0 Å². The molecule has 0 fully saturated rings. The van der Waals surface area contributed by atoms with Crippen LogP contribution < -0.4 is 5.73 Å². The standard InChI is InChI=1S/C13H9BrFN3/c1-7-4-9(11(6-16)13(17)18-7)10-5-8(14)2-3-12(10)15/h2-5H,1H3,(H2,17,18). The lowest BCUT2D eigenvalue weighted by Gasteiger charge is -2.09. The van der Waals surface area contributed by atoms with Gasteiger partial charge in [0.25, 0.3) is 0 Å². The number of rotatable bonds is 1. The molecular weight excluding hydrogens is 297 g/mol. The van der Waals surface area contributed by atoms with E-state index in [1.165, 1.54) is 6.07 Å². The van der Waals surface area contributed by atoms with Gasteiger partial charge in [0.05, 0.1) is 0 Å². The molecule has 0 spiro atoms. The zero-order chi connectivity index (χ0) is 13.3. The van der Waals surface area contributed by atoms with Crippen molar-refractivity contribution in [2.45, 2.75) is 6.92 Å². The van der Waals surface area contributed by atoms with Gasteiger partial charge >= 0.3 is 0 Å². The van der Waals surface area contributed by atoms with E-state index in [0.717, 1.165) is 4.47 Å². The highest BCUT2D eigenvalue weighted by atomic mass is 79.9. The maximum atomic E-state index is 13.8. The molecule has 1 heterocycles. The summed E-state index contributed by atoms with van der Waals surface area (Å²) in [5, 5.41) is 9.11. The molecule has 0 unspecified atom stereocenters. The Labute approximate surface area is 112 Å². The quantitative estimate of drug-likeness (QED) is 0.878. The zero-order valence-electron chi connectivity index (χ0n) is 9.54. The van der Waals surface area contributed by atoms with Crippen molar-refractivity contribution in [1.29, 1.82) is 5.26 Å². The highest BCUT2D eigenvalue weighted by Gasteiger charge is 2.14. The van der Waals surface area contributed by atoms with Crippen molar-refractivity contribution in [3.05, 3.63) is 45.8 Å². The first kappa shape index (κ1) is 12.5. The first-order chi connectivity index (χ1) is 8.52. The maximum Gasteiger partial charge on any atom is 0.142 e. The fourth-order valence-electron chi connectivity index (χ4n) is 1.73. The van der Waals surface area contributed by atoms with E-state index in [1.54, 1.807) is 25.1 Å². The normalized spacial score (nSPS) is 10.1. The van der Waals surface area contributed by atoms with Crippen LogP contribution in [0.4, 0.5) is 10.2 Å². The van der Waals surface area contributed by atoms with Gasteiger partial charge in [-0.05, 0) is 31.2 Å². The number of nitrogen functional groups attached to an aromatic ring is 1. The van der Waals surface area contributed by atoms with Crippen molar-refractivity contribution in [2.24, 2.45) is 0 Å². The van der Waals surface area contributed by atoms with Crippen molar-refractivity contribution >= 4 is 21.7 Å². The number of pyridine rings is 1. The number of hydrogen-bond acceptors (Lipinski definition) is 3. The maximum absolute atomic E-state index is 13.8. The second kappa shape index (κ2) is 4.75. The summed E-state index contributed by atoms with van der Waals surface area (Å²) in [6, 6.07) is 8.17. The number of anilines is 1. The molecule has 3 nitrogen and oxygen atoms in total. The van der Waals surface area contributed by atoms with Crippen molar-refractivity contribution in [1.82, 2.24) is 4.98 Å². The number of benzene rings is 1. The van der Waals surface area contributed by atoms with Crippen LogP contribution in [-0.2, 0) is 0 Å². The SMILES string of the molecule is Cc1cc(-c2cc(Br)ccc2F)c(C#N)c(N)n1. The van der Waals surface area contributed by atoms with Crippen LogP contribution in [0.2, 0.25) is 0 Å². The molecule has 0 bridgehead atoms. The van der Waals surface area contributed by atoms with Crippen LogP contribution in [-0.4, -0.2) is 4.98 Å². The zero-order valence-corrected chi connectivity index (χ0v) is 11.1. The Morgan fingerprint density at radius 3 is 2.72 bits per heavy atom. The minimum Gasteiger partial charge on any atom is -0.383 e. The van der Waals surface area contributed by atoms with E-state index in [4.69, 9.17) is 11.0 Å². The summed E-state index contributed by atoms with van der Waals surface area (Å²) < 4.78 is 14.6. The summed E-state index contributed by atoms with van der Waals surface area (Å²) in [5.74, 6) is -0.286. The molecule has 0 radical (unpaired) electrons. The molecule has 0 aliphatic rings. The highest BCUT2D eigenvalue weighted by Crippen LogP contribution is 2.31. The van der Waals surface area contributed by atoms with E-state index in [2.05, 4.69) is 20.9 Å². The third kappa shape index (κ3) is 2.20. The molecule has 5 heteroatoms. The smallest absolute Gasteiger partial charge is 0.142 e. The van der Waals surface area contributed by atoms with Gasteiger partial charge in [0.15, 0.2) is 0 Å². The van der Waals surface area contributed by atoms with Gasteiger partial charge in [0.1, 0.15) is 23.3 Å². The van der Waals surface area contributed by atoms with Crippen LogP contribution in [0.15, 0.2) is 28.7 Å². The number of aromatic nitrogens is 1. The monoisotopic (exact) mass is 305 g/mol. The van der Waals surface area contributed by atoms with E-state index in [0.29, 0.717) is 16.8 Å². The number of halogens is 2. The van der Waals surface area contributed by atoms with E-state index in [-0.39, 0.29) is 11.4 Å². The number of hydrogen-bond donors (Lipinski definition) is 1. The molecule has 0 aliphatic carbocycles. The third-order valence-corrected chi connectivity index (χ3v) is 3.00. The Hall–Kier alpha value is -1.93. The van der Waals surface area contributed by atoms with Gasteiger partial charge in [-0.25, -0.2) is 9.37 Å². The molecule has 0 aliphatic heterocycles. The second-order valence-corrected chi connectivity index (χ2v) is 4.72. The minimum absolute atomic E-state index is 0.117. The fraction of sp³-hybridized carbons (Fsp3) is 0.0769. The molecule has 1 aromatic carbocycles. The van der Waals surface area contributed by atoms with Gasteiger partial charge in [-0.15, -0.1) is 0 Å². The Morgan fingerprint density at radius 2 is 2.06 bits per heavy atom. The lowest BCUT2D eigenvalue weighted by molar-refractivity contribution is 0.631. The average Bonchev–Trinajstić information content (AvgIpc) is 2.31. The number of nitrogens with zero attached hydrogens (tertiary/aromatic N) is 2. The lowest BCUT2D eigenvalue weighted by atomic mass is 10.00. The van der Waals surface area contributed by atoms with Gasteiger partial charge in [0.2, 0.25) is 0 Å². The van der Waals surface area contributed by atoms with E-state index in [1.807, 2.05) is 6.07 Å². The van der Waals surface area contributed by atoms with E-state index < -0.39 is 5.82 Å². The summed E-state index contributed by atoms with van der Waals surface area (Å²) >= 11 is 3.28. The van der Waals surface area contributed by atoms with Gasteiger partial charge in [0, 0.05) is 21.3 Å². The Bertz CT molecular complexity index is 662. The Kier molecular flexibility index (Phi) is 3.30. The summed E-state index contributed by atoms with van der Waals surface area (Å²) in [5.41, 5.74) is 7.31. The lowest BCUT2D eigenvalue weighted by Crippen LogP contribution is -2.00. The first-order valence-electron chi connectivity index (χ1n) is 5.15. The third-order valence-electron chi connectivity index (χ3n) is 2.51. The predicted octanol–water partition coefficient (Wildman–Crippen LogP) is 3.41. The summed E-state index contributed by atoms with van der Waals surface area (Å²) in [7, 11) is 0. The van der Waals surface area contributed by atoms with Crippen molar-refractivity contribution in [3.8, 4) is 17.2 Å². The molecular formula is C13H9BrFN3. The highest BCUT2D eigenvalue weighted by molar-refractivity contribution is 9.10. The molecule has 0 saturated carbocycles. The number of aryl methyl sites for hydroxylation is 1. The van der Waals surface area contributed by atoms with E-state index in [9.17, 15) is 4.39 Å². The van der Waals surface area contributed by atoms with E-state index >= 15 is 0 Å². The molecule has 0 atom stereocenters. The summed E-state index contributed by atoms with van der Waals surface area (Å²) in [6.07, 6.45) is 0. The molecule has 1 aromatic heterocycles. The topological polar surface area (TPSA) is 62.7 Å². The van der Waals surface area contributed by atoms with Gasteiger partial charge in [-0.1, -0.05) is 15.9 Å². The number of nitriles is 1. The fourth-order valence-corrected chi connectivity index (χ4v) is 2.09. The summed E-state index contributed by atoms with van der Waals surface area (Å²) in [4.78, 5) is 4.00. The van der Waals surface area contributed by atoms with Crippen LogP contribution in [0.3, 0.4) is 0 Å². The van der Waals surface area contributed by atoms with Gasteiger partial charge < -0.3 is 5.73 Å². The first-order valence-corrected chi connectivity index (χ1v) is 5.95. The predicted molar refractivity (Wildman–Crippen MR) is 71.2 cm³/mol. The van der Waals surface area contributed by atoms with Crippen LogP contribution in [0.5, 0.6) is 0 Å². The van der Waals surface area contributed by atoms with Crippen molar-refractivity contribution in [3.63, 3.8) is 0 Å². The summed E-state index contributed by atoms with van der Waals surface area (Å²) in [6.45, 7) is 1.75. The van der Waals surface area contributed by atoms with Crippen LogP contribution in [0.25, 0.3) is 11.1 Å². The Morgan fingerprint density at radius 1 is 1.33 bits per heavy atom. The number of nitrogens with two attached hydrogens (primary N) is 1. The van der Waals surface area contributed by atoms with Crippen molar-refractivity contribution in [2.75, 3.05) is 5.73 Å². The van der Waals surface area contributed by atoms with Crippen LogP contribution in [0, 0.1) is 24.1 Å². The van der Waals surface area contributed by atoms with Crippen LogP contribution in [0.1, 0.15) is 11.3 Å². The average molecular weight is 306 g/mol. The minimum atomic E-state index is -0.403. The van der Waals surface area contributed by atoms with Crippen molar-refractivity contribution < 1.29 is 4.39 Å². The Balaban J connectivity index is 2.78. The molecule has 0 amide bonds. The molecule has 2 N–H and O–H groups in total. The molecule has 90 valence electrons. The largest absolute Gasteiger partial charge is 0.383 e. The molecule has 18 heavy (non-hydrogen) atoms. The van der Waals surface area contributed by atoms with Crippen LogP contribution >= 0.6 is 15.9 Å². The molecule has 0 saturated heterocycles.